The lowest BCUT2D eigenvalue weighted by atomic mass is 10.0. The number of phenols is 1. The van der Waals surface area contributed by atoms with Gasteiger partial charge < -0.3 is 30.1 Å². The first-order valence-electron chi connectivity index (χ1n) is 11.2. The topological polar surface area (TPSA) is 91.2 Å². The lowest BCUT2D eigenvalue weighted by Gasteiger charge is -2.18. The molecule has 2 atom stereocenters. The highest BCUT2D eigenvalue weighted by Crippen LogP contribution is 2.22. The molecule has 0 amide bonds. The number of benzene rings is 3. The average Bonchev–Trinajstić information content (AvgIpc) is 2.84. The van der Waals surface area contributed by atoms with E-state index in [1.54, 1.807) is 12.1 Å². The maximum atomic E-state index is 10.4. The Morgan fingerprint density at radius 2 is 1.67 bits per heavy atom. The second-order valence-corrected chi connectivity index (χ2v) is 8.11. The van der Waals surface area contributed by atoms with Gasteiger partial charge in [0, 0.05) is 18.2 Å². The molecule has 0 saturated heterocycles. The zero-order chi connectivity index (χ0) is 23.5. The summed E-state index contributed by atoms with van der Waals surface area (Å²) < 4.78 is 11.4. The fraction of sp³-hybridized carbons (Fsp3) is 0.333. The van der Waals surface area contributed by atoms with Crippen LogP contribution in [0.2, 0.25) is 0 Å². The Kier molecular flexibility index (Phi) is 9.72. The minimum atomic E-state index is -0.724. The summed E-state index contributed by atoms with van der Waals surface area (Å²) >= 11 is 0. The first kappa shape index (κ1) is 24.7. The highest BCUT2D eigenvalue weighted by molar-refractivity contribution is 5.36. The molecule has 0 aliphatic heterocycles. The lowest BCUT2D eigenvalue weighted by Crippen LogP contribution is -2.32. The third-order valence-electron chi connectivity index (χ3n) is 5.39. The number of aliphatic hydroxyl groups excluding tert-OH is 2. The summed E-state index contributed by atoms with van der Waals surface area (Å²) in [7, 11) is 0. The molecule has 3 rings (SSSR count). The first-order chi connectivity index (χ1) is 16.0. The highest BCUT2D eigenvalue weighted by Gasteiger charge is 2.12. The number of rotatable bonds is 13. The van der Waals surface area contributed by atoms with E-state index in [9.17, 15) is 15.3 Å². The van der Waals surface area contributed by atoms with Gasteiger partial charge in [0.15, 0.2) is 0 Å². The second kappa shape index (κ2) is 13.0. The van der Waals surface area contributed by atoms with Crippen LogP contribution in [0.15, 0.2) is 72.8 Å². The summed E-state index contributed by atoms with van der Waals surface area (Å²) in [5.41, 5.74) is 3.38. The molecular weight excluding hydrogens is 418 g/mol. The van der Waals surface area contributed by atoms with Crippen LogP contribution in [0.3, 0.4) is 0 Å². The maximum absolute atomic E-state index is 10.4. The van der Waals surface area contributed by atoms with Crippen molar-refractivity contribution in [3.05, 3.63) is 95.1 Å². The van der Waals surface area contributed by atoms with Gasteiger partial charge in [-0.2, -0.15) is 0 Å². The van der Waals surface area contributed by atoms with Gasteiger partial charge in [-0.15, -0.1) is 0 Å². The normalized spacial score (nSPS) is 12.9. The quantitative estimate of drug-likeness (QED) is 0.296. The zero-order valence-electron chi connectivity index (χ0n) is 19.0. The van der Waals surface area contributed by atoms with Crippen LogP contribution in [0.4, 0.5) is 0 Å². The van der Waals surface area contributed by atoms with Gasteiger partial charge in [0.1, 0.15) is 18.1 Å². The van der Waals surface area contributed by atoms with Gasteiger partial charge in [-0.25, -0.2) is 0 Å². The van der Waals surface area contributed by atoms with Gasteiger partial charge >= 0.3 is 0 Å². The summed E-state index contributed by atoms with van der Waals surface area (Å²) in [6.45, 7) is 3.78. The van der Waals surface area contributed by atoms with E-state index in [2.05, 4.69) is 12.2 Å². The van der Waals surface area contributed by atoms with Crippen molar-refractivity contribution in [2.24, 2.45) is 0 Å². The van der Waals surface area contributed by atoms with Crippen molar-refractivity contribution >= 4 is 0 Å². The number of nitrogens with one attached hydrogen (secondary N) is 1. The Morgan fingerprint density at radius 3 is 2.39 bits per heavy atom. The summed E-state index contributed by atoms with van der Waals surface area (Å²) in [5, 5.41) is 32.7. The molecule has 0 spiro atoms. The van der Waals surface area contributed by atoms with Crippen LogP contribution in [0.5, 0.6) is 11.5 Å². The molecule has 0 saturated carbocycles. The van der Waals surface area contributed by atoms with E-state index in [1.165, 1.54) is 11.6 Å². The smallest absolute Gasteiger partial charge is 0.121 e. The van der Waals surface area contributed by atoms with Crippen molar-refractivity contribution < 1.29 is 24.8 Å². The third-order valence-corrected chi connectivity index (χ3v) is 5.39. The minimum absolute atomic E-state index is 0.0295. The van der Waals surface area contributed by atoms with Crippen molar-refractivity contribution in [1.82, 2.24) is 5.32 Å². The van der Waals surface area contributed by atoms with Gasteiger partial charge in [-0.3, -0.25) is 0 Å². The van der Waals surface area contributed by atoms with Crippen LogP contribution in [0, 0.1) is 0 Å². The number of aromatic hydroxyl groups is 1. The molecule has 0 heterocycles. The Hall–Kier alpha value is -2.90. The molecule has 176 valence electrons. The first-order valence-corrected chi connectivity index (χ1v) is 11.2. The molecular formula is C27H33NO5. The van der Waals surface area contributed by atoms with E-state index in [1.807, 2.05) is 54.6 Å². The summed E-state index contributed by atoms with van der Waals surface area (Å²) in [6.07, 6.45) is 0.0863. The van der Waals surface area contributed by atoms with E-state index in [-0.39, 0.29) is 18.4 Å². The Morgan fingerprint density at radius 1 is 0.909 bits per heavy atom. The molecule has 1 unspecified atom stereocenters. The molecule has 0 aromatic heterocycles. The highest BCUT2D eigenvalue weighted by atomic mass is 16.5. The lowest BCUT2D eigenvalue weighted by molar-refractivity contribution is 0.0889. The van der Waals surface area contributed by atoms with E-state index < -0.39 is 6.10 Å². The van der Waals surface area contributed by atoms with E-state index in [0.717, 1.165) is 17.7 Å². The SMILES string of the molecule is C[C@@H](Cc1ccc(OCCOCc2ccccc2)cc1)NCC(O)c1ccc(O)c(CO)c1. The van der Waals surface area contributed by atoms with Crippen molar-refractivity contribution in [2.45, 2.75) is 38.7 Å². The van der Waals surface area contributed by atoms with Crippen LogP contribution < -0.4 is 10.1 Å². The maximum Gasteiger partial charge on any atom is 0.121 e. The van der Waals surface area contributed by atoms with Crippen LogP contribution in [-0.4, -0.2) is 41.1 Å². The average molecular weight is 452 g/mol. The molecule has 0 aliphatic rings. The third kappa shape index (κ3) is 8.18. The molecule has 6 nitrogen and oxygen atoms in total. The van der Waals surface area contributed by atoms with Crippen LogP contribution in [-0.2, 0) is 24.4 Å². The largest absolute Gasteiger partial charge is 0.508 e. The molecule has 3 aromatic carbocycles. The molecule has 0 bridgehead atoms. The number of hydrogen-bond acceptors (Lipinski definition) is 6. The van der Waals surface area contributed by atoms with Gasteiger partial charge in [-0.05, 0) is 54.3 Å². The van der Waals surface area contributed by atoms with Gasteiger partial charge in [0.05, 0.1) is 25.9 Å². The molecule has 4 N–H and O–H groups in total. The van der Waals surface area contributed by atoms with Crippen molar-refractivity contribution in [1.29, 1.82) is 0 Å². The fourth-order valence-corrected chi connectivity index (χ4v) is 3.50. The Bertz CT molecular complexity index is 962. The van der Waals surface area contributed by atoms with Gasteiger partial charge in [0.2, 0.25) is 0 Å². The van der Waals surface area contributed by atoms with Crippen molar-refractivity contribution in [3.8, 4) is 11.5 Å². The molecule has 6 heteroatoms. The number of aliphatic hydroxyl groups is 2. The molecule has 0 fully saturated rings. The monoisotopic (exact) mass is 451 g/mol. The second-order valence-electron chi connectivity index (χ2n) is 8.11. The fourth-order valence-electron chi connectivity index (χ4n) is 3.50. The molecule has 0 radical (unpaired) electrons. The Balaban J connectivity index is 1.35. The number of ether oxygens (including phenoxy) is 2. The van der Waals surface area contributed by atoms with Crippen LogP contribution >= 0.6 is 0 Å². The van der Waals surface area contributed by atoms with E-state index >= 15 is 0 Å². The molecule has 0 aliphatic carbocycles. The van der Waals surface area contributed by atoms with Crippen molar-refractivity contribution in [2.75, 3.05) is 19.8 Å². The standard InChI is InChI=1S/C27H33NO5/c1-20(28-17-27(31)23-9-12-26(30)24(16-23)18-29)15-21-7-10-25(11-8-21)33-14-13-32-19-22-5-3-2-4-6-22/h2-12,16,20,27-31H,13-15,17-19H2,1H3/t20-,27?/m0/s1. The zero-order valence-corrected chi connectivity index (χ0v) is 19.0. The predicted molar refractivity (Wildman–Crippen MR) is 128 cm³/mol. The predicted octanol–water partition coefficient (Wildman–Crippen LogP) is 3.73. The van der Waals surface area contributed by atoms with Gasteiger partial charge in [0.25, 0.3) is 0 Å². The van der Waals surface area contributed by atoms with Crippen molar-refractivity contribution in [3.63, 3.8) is 0 Å². The number of hydrogen-bond donors (Lipinski definition) is 4. The molecule has 3 aromatic rings. The Labute approximate surface area is 195 Å². The summed E-state index contributed by atoms with van der Waals surface area (Å²) in [5.74, 6) is 0.840. The van der Waals surface area contributed by atoms with Crippen LogP contribution in [0.1, 0.15) is 35.3 Å². The minimum Gasteiger partial charge on any atom is -0.508 e. The molecule has 33 heavy (non-hydrogen) atoms. The van der Waals surface area contributed by atoms with E-state index in [0.29, 0.717) is 37.5 Å². The van der Waals surface area contributed by atoms with Crippen LogP contribution in [0.25, 0.3) is 0 Å². The summed E-state index contributed by atoms with van der Waals surface area (Å²) in [4.78, 5) is 0. The summed E-state index contributed by atoms with van der Waals surface area (Å²) in [6, 6.07) is 23.0. The van der Waals surface area contributed by atoms with Gasteiger partial charge in [-0.1, -0.05) is 48.5 Å². The van der Waals surface area contributed by atoms with E-state index in [4.69, 9.17) is 9.47 Å².